The first kappa shape index (κ1) is 14.3. The van der Waals surface area contributed by atoms with Gasteiger partial charge in [-0.2, -0.15) is 0 Å². The molecular formula is C19H24N2. The fourth-order valence-electron chi connectivity index (χ4n) is 3.25. The van der Waals surface area contributed by atoms with E-state index in [2.05, 4.69) is 42.6 Å². The van der Waals surface area contributed by atoms with Crippen LogP contribution in [0.1, 0.15) is 44.1 Å². The van der Waals surface area contributed by atoms with E-state index in [4.69, 9.17) is 10.7 Å². The van der Waals surface area contributed by atoms with Crippen molar-refractivity contribution in [2.45, 2.75) is 38.5 Å². The quantitative estimate of drug-likeness (QED) is 0.860. The van der Waals surface area contributed by atoms with Gasteiger partial charge in [-0.15, -0.1) is 0 Å². The zero-order valence-electron chi connectivity index (χ0n) is 12.6. The lowest BCUT2D eigenvalue weighted by atomic mass is 9.95. The predicted octanol–water partition coefficient (Wildman–Crippen LogP) is 4.34. The molecule has 2 aliphatic rings. The van der Waals surface area contributed by atoms with Gasteiger partial charge in [0, 0.05) is 11.9 Å². The number of aliphatic imine (C=N–C) groups is 1. The summed E-state index contributed by atoms with van der Waals surface area (Å²) < 4.78 is 0. The van der Waals surface area contributed by atoms with Crippen LogP contribution < -0.4 is 5.73 Å². The molecule has 0 saturated heterocycles. The fourth-order valence-corrected chi connectivity index (χ4v) is 3.25. The third-order valence-electron chi connectivity index (χ3n) is 4.60. The third kappa shape index (κ3) is 3.51. The maximum Gasteiger partial charge on any atom is 0.0431 e. The molecule has 2 N–H and O–H groups in total. The Labute approximate surface area is 127 Å². The summed E-state index contributed by atoms with van der Waals surface area (Å²) in [4.78, 5) is 4.73. The largest absolute Gasteiger partial charge is 0.330 e. The Hall–Kier alpha value is -1.67. The van der Waals surface area contributed by atoms with Crippen molar-refractivity contribution in [3.05, 3.63) is 53.2 Å². The molecule has 0 radical (unpaired) electrons. The van der Waals surface area contributed by atoms with Crippen LogP contribution in [-0.4, -0.2) is 12.8 Å². The van der Waals surface area contributed by atoms with Gasteiger partial charge in [-0.1, -0.05) is 36.4 Å². The minimum absolute atomic E-state index is 0.655. The lowest BCUT2D eigenvalue weighted by Crippen LogP contribution is -2.13. The number of rotatable bonds is 2. The normalized spacial score (nSPS) is 22.9. The van der Waals surface area contributed by atoms with Gasteiger partial charge in [0.2, 0.25) is 0 Å². The van der Waals surface area contributed by atoms with Crippen LogP contribution in [0.15, 0.2) is 52.7 Å². The molecule has 0 bridgehead atoms. The number of nitrogens with zero attached hydrogens (tertiary/aromatic N) is 1. The van der Waals surface area contributed by atoms with Gasteiger partial charge in [-0.25, -0.2) is 0 Å². The molecule has 0 fully saturated rings. The minimum atomic E-state index is 0.655. The summed E-state index contributed by atoms with van der Waals surface area (Å²) in [6.45, 7) is 0.805. The van der Waals surface area contributed by atoms with Gasteiger partial charge in [0.15, 0.2) is 0 Å². The first-order valence-corrected chi connectivity index (χ1v) is 8.07. The average molecular weight is 280 g/mol. The average Bonchev–Trinajstić information content (AvgIpc) is 2.70. The lowest BCUT2D eigenvalue weighted by molar-refractivity contribution is 0.474. The van der Waals surface area contributed by atoms with E-state index in [1.165, 1.54) is 35.2 Å². The number of benzene rings is 1. The second kappa shape index (κ2) is 6.86. The molecule has 2 heteroatoms. The second-order valence-electron chi connectivity index (χ2n) is 6.04. The second-order valence-corrected chi connectivity index (χ2v) is 6.04. The molecule has 1 unspecified atom stereocenters. The number of hydrogen-bond donors (Lipinski definition) is 1. The van der Waals surface area contributed by atoms with Crippen molar-refractivity contribution >= 4 is 11.8 Å². The molecule has 1 aliphatic heterocycles. The first-order valence-electron chi connectivity index (χ1n) is 8.07. The van der Waals surface area contributed by atoms with E-state index in [0.717, 1.165) is 32.2 Å². The molecule has 1 atom stereocenters. The van der Waals surface area contributed by atoms with Crippen molar-refractivity contribution in [1.29, 1.82) is 0 Å². The number of allylic oxidation sites excluding steroid dienone is 4. The number of nitrogens with two attached hydrogens (primary N) is 1. The Morgan fingerprint density at radius 3 is 2.67 bits per heavy atom. The van der Waals surface area contributed by atoms with E-state index in [1.807, 2.05) is 0 Å². The molecule has 1 heterocycles. The topological polar surface area (TPSA) is 38.4 Å². The van der Waals surface area contributed by atoms with E-state index in [0.29, 0.717) is 5.92 Å². The maximum absolute atomic E-state index is 5.87. The van der Waals surface area contributed by atoms with Crippen LogP contribution in [0.3, 0.4) is 0 Å². The van der Waals surface area contributed by atoms with Gasteiger partial charge in [-0.3, -0.25) is 4.99 Å². The standard InChI is InChI=1S/C19H24N2/c20-14-15-8-10-18-13-17(16-5-2-1-3-6-16)7-4-12-21-19(18)11-9-15/h1-3,5-6,12-13,15H,4,7-11,14,20H2. The SMILES string of the molecule is NCC1CCC2=C(CC1)N=CCCC(c1ccccc1)=C2. The van der Waals surface area contributed by atoms with Gasteiger partial charge in [0.05, 0.1) is 0 Å². The molecule has 21 heavy (non-hydrogen) atoms. The van der Waals surface area contributed by atoms with Crippen molar-refractivity contribution in [2.24, 2.45) is 16.6 Å². The molecule has 0 amide bonds. The summed E-state index contributed by atoms with van der Waals surface area (Å²) in [6, 6.07) is 10.7. The minimum Gasteiger partial charge on any atom is -0.330 e. The monoisotopic (exact) mass is 280 g/mol. The summed E-state index contributed by atoms with van der Waals surface area (Å²) in [5.41, 5.74) is 11.4. The van der Waals surface area contributed by atoms with Crippen LogP contribution in [-0.2, 0) is 0 Å². The number of hydrogen-bond acceptors (Lipinski definition) is 2. The summed E-state index contributed by atoms with van der Waals surface area (Å²) in [6.07, 6.45) is 11.2. The highest BCUT2D eigenvalue weighted by atomic mass is 14.7. The molecule has 0 spiro atoms. The molecule has 0 aromatic heterocycles. The van der Waals surface area contributed by atoms with E-state index >= 15 is 0 Å². The molecule has 1 aliphatic carbocycles. The summed E-state index contributed by atoms with van der Waals surface area (Å²) in [5.74, 6) is 0.655. The lowest BCUT2D eigenvalue weighted by Gasteiger charge is -2.13. The highest BCUT2D eigenvalue weighted by Gasteiger charge is 2.17. The molecule has 0 saturated carbocycles. The van der Waals surface area contributed by atoms with Crippen molar-refractivity contribution in [1.82, 2.24) is 0 Å². The Balaban J connectivity index is 1.92. The highest BCUT2D eigenvalue weighted by Crippen LogP contribution is 2.33. The van der Waals surface area contributed by atoms with Crippen LogP contribution in [0.25, 0.3) is 5.57 Å². The highest BCUT2D eigenvalue weighted by molar-refractivity contribution is 5.73. The van der Waals surface area contributed by atoms with Crippen LogP contribution in [0.5, 0.6) is 0 Å². The fraction of sp³-hybridized carbons (Fsp3) is 0.421. The van der Waals surface area contributed by atoms with Crippen LogP contribution in [0.4, 0.5) is 0 Å². The van der Waals surface area contributed by atoms with Crippen LogP contribution in [0, 0.1) is 5.92 Å². The Kier molecular flexibility index (Phi) is 4.66. The van der Waals surface area contributed by atoms with E-state index in [-0.39, 0.29) is 0 Å². The zero-order valence-corrected chi connectivity index (χ0v) is 12.6. The van der Waals surface area contributed by atoms with Crippen LogP contribution >= 0.6 is 0 Å². The zero-order chi connectivity index (χ0) is 14.5. The molecule has 3 rings (SSSR count). The van der Waals surface area contributed by atoms with Crippen molar-refractivity contribution in [3.63, 3.8) is 0 Å². The van der Waals surface area contributed by atoms with Crippen molar-refractivity contribution in [2.75, 3.05) is 6.54 Å². The summed E-state index contributed by atoms with van der Waals surface area (Å²) >= 11 is 0. The van der Waals surface area contributed by atoms with Gasteiger partial charge < -0.3 is 5.73 Å². The summed E-state index contributed by atoms with van der Waals surface area (Å²) in [5, 5.41) is 0. The predicted molar refractivity (Wildman–Crippen MR) is 90.2 cm³/mol. The molecule has 1 aromatic rings. The van der Waals surface area contributed by atoms with Crippen LogP contribution in [0.2, 0.25) is 0 Å². The first-order chi connectivity index (χ1) is 10.4. The van der Waals surface area contributed by atoms with Gasteiger partial charge in [-0.05, 0) is 67.7 Å². The van der Waals surface area contributed by atoms with E-state index in [9.17, 15) is 0 Å². The molecular weight excluding hydrogens is 256 g/mol. The van der Waals surface area contributed by atoms with E-state index in [1.54, 1.807) is 0 Å². The Morgan fingerprint density at radius 2 is 1.86 bits per heavy atom. The smallest absolute Gasteiger partial charge is 0.0431 e. The van der Waals surface area contributed by atoms with Crippen molar-refractivity contribution < 1.29 is 0 Å². The Morgan fingerprint density at radius 1 is 1.05 bits per heavy atom. The maximum atomic E-state index is 5.87. The summed E-state index contributed by atoms with van der Waals surface area (Å²) in [7, 11) is 0. The third-order valence-corrected chi connectivity index (χ3v) is 4.60. The van der Waals surface area contributed by atoms with E-state index < -0.39 is 0 Å². The molecule has 110 valence electrons. The van der Waals surface area contributed by atoms with Crippen molar-refractivity contribution in [3.8, 4) is 0 Å². The Bertz CT molecular complexity index is 566. The van der Waals surface area contributed by atoms with Gasteiger partial charge >= 0.3 is 0 Å². The molecule has 2 nitrogen and oxygen atoms in total. The van der Waals surface area contributed by atoms with Gasteiger partial charge in [0.1, 0.15) is 0 Å². The molecule has 1 aromatic carbocycles. The van der Waals surface area contributed by atoms with Gasteiger partial charge in [0.25, 0.3) is 0 Å².